The van der Waals surface area contributed by atoms with Gasteiger partial charge in [0.25, 0.3) is 0 Å². The molecular formula is C13H20N2O4S. The van der Waals surface area contributed by atoms with Crippen LogP contribution in [-0.2, 0) is 14.8 Å². The third-order valence-electron chi connectivity index (χ3n) is 2.14. The Morgan fingerprint density at radius 2 is 1.75 bits per heavy atom. The summed E-state index contributed by atoms with van der Waals surface area (Å²) in [7, 11) is -3.54. The lowest BCUT2D eigenvalue weighted by Crippen LogP contribution is -2.37. The van der Waals surface area contributed by atoms with Crippen LogP contribution in [0.2, 0.25) is 0 Å². The number of hydrogen-bond acceptors (Lipinski definition) is 4. The second kappa shape index (κ2) is 6.71. The largest absolute Gasteiger partial charge is 0.444 e. The number of rotatable bonds is 5. The molecule has 0 aliphatic rings. The van der Waals surface area contributed by atoms with Crippen LogP contribution < -0.4 is 10.0 Å². The van der Waals surface area contributed by atoms with Crippen LogP contribution in [0.5, 0.6) is 0 Å². The number of ether oxygens (including phenoxy) is 1. The summed E-state index contributed by atoms with van der Waals surface area (Å²) in [6, 6.07) is 8.04. The van der Waals surface area contributed by atoms with Gasteiger partial charge in [-0.2, -0.15) is 0 Å². The zero-order valence-corrected chi connectivity index (χ0v) is 12.7. The molecule has 1 aromatic carbocycles. The summed E-state index contributed by atoms with van der Waals surface area (Å²) in [6.45, 7) is 5.51. The van der Waals surface area contributed by atoms with E-state index in [1.165, 1.54) is 12.1 Å². The number of sulfonamides is 1. The highest BCUT2D eigenvalue weighted by Gasteiger charge is 2.16. The number of carbonyl (C=O) groups excluding carboxylic acids is 1. The monoisotopic (exact) mass is 300 g/mol. The first-order valence-electron chi connectivity index (χ1n) is 6.22. The predicted molar refractivity (Wildman–Crippen MR) is 75.9 cm³/mol. The summed E-state index contributed by atoms with van der Waals surface area (Å²) in [5, 5.41) is 2.48. The lowest BCUT2D eigenvalue weighted by Gasteiger charge is -2.19. The maximum Gasteiger partial charge on any atom is 0.407 e. The van der Waals surface area contributed by atoms with Crippen LogP contribution in [0.25, 0.3) is 0 Å². The van der Waals surface area contributed by atoms with Crippen LogP contribution in [0.15, 0.2) is 35.2 Å². The Hall–Kier alpha value is -1.60. The number of nitrogens with one attached hydrogen (secondary N) is 2. The van der Waals surface area contributed by atoms with E-state index < -0.39 is 21.7 Å². The molecule has 6 nitrogen and oxygen atoms in total. The van der Waals surface area contributed by atoms with Gasteiger partial charge < -0.3 is 10.1 Å². The highest BCUT2D eigenvalue weighted by atomic mass is 32.2. The van der Waals surface area contributed by atoms with Crippen molar-refractivity contribution in [3.63, 3.8) is 0 Å². The molecule has 1 amide bonds. The summed E-state index contributed by atoms with van der Waals surface area (Å²) < 4.78 is 31.1. The normalized spacial score (nSPS) is 11.9. The Balaban J connectivity index is 2.37. The summed E-state index contributed by atoms with van der Waals surface area (Å²) in [6.07, 6.45) is -0.573. The van der Waals surface area contributed by atoms with Gasteiger partial charge in [-0.25, -0.2) is 17.9 Å². The van der Waals surface area contributed by atoms with Crippen molar-refractivity contribution in [2.75, 3.05) is 13.1 Å². The van der Waals surface area contributed by atoms with E-state index in [2.05, 4.69) is 10.0 Å². The van der Waals surface area contributed by atoms with Gasteiger partial charge in [-0.15, -0.1) is 0 Å². The van der Waals surface area contributed by atoms with E-state index in [0.717, 1.165) is 0 Å². The van der Waals surface area contributed by atoms with E-state index >= 15 is 0 Å². The smallest absolute Gasteiger partial charge is 0.407 e. The van der Waals surface area contributed by atoms with Crippen LogP contribution in [0, 0.1) is 0 Å². The van der Waals surface area contributed by atoms with Crippen molar-refractivity contribution < 1.29 is 17.9 Å². The zero-order chi connectivity index (χ0) is 15.2. The molecule has 112 valence electrons. The van der Waals surface area contributed by atoms with Crippen molar-refractivity contribution in [1.82, 2.24) is 10.0 Å². The first-order chi connectivity index (χ1) is 9.21. The first kappa shape index (κ1) is 16.5. The van der Waals surface area contributed by atoms with Gasteiger partial charge in [-0.3, -0.25) is 0 Å². The number of amides is 1. The lowest BCUT2D eigenvalue weighted by molar-refractivity contribution is 0.0529. The van der Waals surface area contributed by atoms with Gasteiger partial charge in [-0.1, -0.05) is 18.2 Å². The zero-order valence-electron chi connectivity index (χ0n) is 11.8. The summed E-state index contributed by atoms with van der Waals surface area (Å²) in [5.41, 5.74) is -0.576. The molecule has 0 spiro atoms. The van der Waals surface area contributed by atoms with Crippen molar-refractivity contribution >= 4 is 16.1 Å². The van der Waals surface area contributed by atoms with Crippen molar-refractivity contribution in [3.8, 4) is 0 Å². The SMILES string of the molecule is CC(C)(C)OC(=O)NCCNS(=O)(=O)c1ccccc1. The number of benzene rings is 1. The van der Waals surface area contributed by atoms with Crippen molar-refractivity contribution in [1.29, 1.82) is 0 Å². The van der Waals surface area contributed by atoms with Gasteiger partial charge in [0.2, 0.25) is 10.0 Å². The Morgan fingerprint density at radius 3 is 2.30 bits per heavy atom. The number of alkyl carbamates (subject to hydrolysis) is 1. The minimum atomic E-state index is -3.54. The molecule has 0 unspecified atom stereocenters. The molecule has 20 heavy (non-hydrogen) atoms. The number of hydrogen-bond donors (Lipinski definition) is 2. The summed E-state index contributed by atoms with van der Waals surface area (Å²) in [4.78, 5) is 11.5. The van der Waals surface area contributed by atoms with E-state index in [1.807, 2.05) is 0 Å². The van der Waals surface area contributed by atoms with Crippen LogP contribution in [0.1, 0.15) is 20.8 Å². The fraction of sp³-hybridized carbons (Fsp3) is 0.462. The Labute approximate surface area is 119 Å². The quantitative estimate of drug-likeness (QED) is 0.807. The summed E-state index contributed by atoms with van der Waals surface area (Å²) >= 11 is 0. The van der Waals surface area contributed by atoms with E-state index in [1.54, 1.807) is 39.0 Å². The average Bonchev–Trinajstić information content (AvgIpc) is 2.34. The van der Waals surface area contributed by atoms with E-state index in [9.17, 15) is 13.2 Å². The average molecular weight is 300 g/mol. The number of carbonyl (C=O) groups is 1. The highest BCUT2D eigenvalue weighted by molar-refractivity contribution is 7.89. The molecule has 0 saturated heterocycles. The molecule has 0 fully saturated rings. The molecule has 0 aliphatic heterocycles. The van der Waals surface area contributed by atoms with Gasteiger partial charge in [0.15, 0.2) is 0 Å². The minimum absolute atomic E-state index is 0.0937. The van der Waals surface area contributed by atoms with Crippen molar-refractivity contribution in [2.45, 2.75) is 31.3 Å². The molecule has 0 bridgehead atoms. The molecule has 7 heteroatoms. The molecule has 0 radical (unpaired) electrons. The highest BCUT2D eigenvalue weighted by Crippen LogP contribution is 2.07. The Morgan fingerprint density at radius 1 is 1.15 bits per heavy atom. The maximum absolute atomic E-state index is 11.9. The molecule has 0 saturated carbocycles. The van der Waals surface area contributed by atoms with Crippen LogP contribution >= 0.6 is 0 Å². The topological polar surface area (TPSA) is 84.5 Å². The molecular weight excluding hydrogens is 280 g/mol. The third kappa shape index (κ3) is 6.03. The second-order valence-electron chi connectivity index (χ2n) is 5.14. The molecule has 1 aromatic rings. The van der Waals surface area contributed by atoms with Gasteiger partial charge in [0.05, 0.1) is 4.90 Å². The molecule has 0 atom stereocenters. The molecule has 1 rings (SSSR count). The van der Waals surface area contributed by atoms with Crippen LogP contribution in [0.4, 0.5) is 4.79 Å². The first-order valence-corrected chi connectivity index (χ1v) is 7.70. The van der Waals surface area contributed by atoms with Gasteiger partial charge in [0.1, 0.15) is 5.60 Å². The molecule has 2 N–H and O–H groups in total. The maximum atomic E-state index is 11.9. The third-order valence-corrected chi connectivity index (χ3v) is 3.62. The predicted octanol–water partition coefficient (Wildman–Crippen LogP) is 1.49. The fourth-order valence-electron chi connectivity index (χ4n) is 1.35. The van der Waals surface area contributed by atoms with Gasteiger partial charge in [-0.05, 0) is 32.9 Å². The minimum Gasteiger partial charge on any atom is -0.444 e. The van der Waals surface area contributed by atoms with Crippen LogP contribution in [0.3, 0.4) is 0 Å². The standard InChI is InChI=1S/C13H20N2O4S/c1-13(2,3)19-12(16)14-9-10-15-20(17,18)11-7-5-4-6-8-11/h4-8,15H,9-10H2,1-3H3,(H,14,16). The summed E-state index contributed by atoms with van der Waals surface area (Å²) in [5.74, 6) is 0. The fourth-order valence-corrected chi connectivity index (χ4v) is 2.40. The van der Waals surface area contributed by atoms with E-state index in [4.69, 9.17) is 4.74 Å². The van der Waals surface area contributed by atoms with Crippen LogP contribution in [-0.4, -0.2) is 33.2 Å². The Bertz CT molecular complexity index is 535. The molecule has 0 aromatic heterocycles. The Kier molecular flexibility index (Phi) is 5.52. The molecule has 0 heterocycles. The molecule has 0 aliphatic carbocycles. The van der Waals surface area contributed by atoms with E-state index in [-0.39, 0.29) is 18.0 Å². The van der Waals surface area contributed by atoms with E-state index in [0.29, 0.717) is 0 Å². The second-order valence-corrected chi connectivity index (χ2v) is 6.91. The van der Waals surface area contributed by atoms with Gasteiger partial charge in [0, 0.05) is 13.1 Å². The van der Waals surface area contributed by atoms with Crippen molar-refractivity contribution in [2.24, 2.45) is 0 Å². The van der Waals surface area contributed by atoms with Gasteiger partial charge >= 0.3 is 6.09 Å². The van der Waals surface area contributed by atoms with Crippen molar-refractivity contribution in [3.05, 3.63) is 30.3 Å². The lowest BCUT2D eigenvalue weighted by atomic mass is 10.2.